The van der Waals surface area contributed by atoms with E-state index in [-0.39, 0.29) is 24.0 Å². The van der Waals surface area contributed by atoms with Crippen LogP contribution in [0, 0.1) is 5.92 Å². The van der Waals surface area contributed by atoms with Crippen molar-refractivity contribution >= 4 is 40.0 Å². The molecule has 10 heteroatoms. The van der Waals surface area contributed by atoms with E-state index < -0.39 is 10.0 Å². The van der Waals surface area contributed by atoms with Gasteiger partial charge in [0.2, 0.25) is 10.0 Å². The normalized spacial score (nSPS) is 20.9. The lowest BCUT2D eigenvalue weighted by atomic mass is 9.98. The highest BCUT2D eigenvalue weighted by Gasteiger charge is 2.24. The quantitative estimate of drug-likeness (QED) is 0.212. The molecular formula is C17H36IN5O3S. The Morgan fingerprint density at radius 2 is 1.81 bits per heavy atom. The highest BCUT2D eigenvalue weighted by atomic mass is 127. The second-order valence-electron chi connectivity index (χ2n) is 7.06. The van der Waals surface area contributed by atoms with Gasteiger partial charge in [0, 0.05) is 45.8 Å². The van der Waals surface area contributed by atoms with E-state index in [2.05, 4.69) is 22.5 Å². The number of hydrogen-bond acceptors (Lipinski definition) is 5. The summed E-state index contributed by atoms with van der Waals surface area (Å²) in [5.74, 6) is 1.32. The van der Waals surface area contributed by atoms with Crippen molar-refractivity contribution in [3.63, 3.8) is 0 Å². The average molecular weight is 517 g/mol. The molecule has 2 rings (SSSR count). The number of nitrogens with one attached hydrogen (secondary N) is 2. The van der Waals surface area contributed by atoms with E-state index in [1.54, 1.807) is 4.31 Å². The number of sulfonamides is 1. The molecular weight excluding hydrogens is 481 g/mol. The number of aliphatic imine (C=N–C) groups is 1. The fourth-order valence-corrected chi connectivity index (χ4v) is 4.19. The van der Waals surface area contributed by atoms with Gasteiger partial charge in [-0.2, -0.15) is 0 Å². The van der Waals surface area contributed by atoms with Gasteiger partial charge in [-0.1, -0.05) is 0 Å². The van der Waals surface area contributed by atoms with Crippen LogP contribution in [0.25, 0.3) is 0 Å². The maximum absolute atomic E-state index is 11.6. The van der Waals surface area contributed by atoms with Gasteiger partial charge in [0.1, 0.15) is 0 Å². The molecule has 0 unspecified atom stereocenters. The third-order valence-electron chi connectivity index (χ3n) is 4.94. The predicted octanol–water partition coefficient (Wildman–Crippen LogP) is 0.553. The molecule has 0 amide bonds. The Hall–Kier alpha value is -0.170. The molecule has 8 nitrogen and oxygen atoms in total. The molecule has 0 spiro atoms. The van der Waals surface area contributed by atoms with Crippen molar-refractivity contribution in [1.82, 2.24) is 19.8 Å². The number of rotatable bonds is 8. The molecule has 2 fully saturated rings. The minimum absolute atomic E-state index is 0. The molecule has 2 N–H and O–H groups in total. The van der Waals surface area contributed by atoms with Gasteiger partial charge in [0.05, 0.1) is 19.5 Å². The summed E-state index contributed by atoms with van der Waals surface area (Å²) in [6.45, 7) is 10.6. The third kappa shape index (κ3) is 9.73. The second-order valence-corrected chi connectivity index (χ2v) is 9.04. The largest absolute Gasteiger partial charge is 0.379 e. The van der Waals surface area contributed by atoms with Gasteiger partial charge in [0.25, 0.3) is 0 Å². The van der Waals surface area contributed by atoms with E-state index in [0.29, 0.717) is 19.0 Å². The first-order valence-electron chi connectivity index (χ1n) is 9.76. The lowest BCUT2D eigenvalue weighted by Gasteiger charge is -2.29. The summed E-state index contributed by atoms with van der Waals surface area (Å²) in [5, 5.41) is 6.70. The number of morpholine rings is 1. The fourth-order valence-electron chi connectivity index (χ4n) is 3.32. The van der Waals surface area contributed by atoms with Gasteiger partial charge < -0.3 is 15.4 Å². The summed E-state index contributed by atoms with van der Waals surface area (Å²) < 4.78 is 30.1. The van der Waals surface area contributed by atoms with Crippen LogP contribution >= 0.6 is 24.0 Å². The third-order valence-corrected chi connectivity index (χ3v) is 6.24. The average Bonchev–Trinajstić information content (AvgIpc) is 2.63. The zero-order chi connectivity index (χ0) is 18.8. The summed E-state index contributed by atoms with van der Waals surface area (Å²) in [4.78, 5) is 7.14. The summed E-state index contributed by atoms with van der Waals surface area (Å²) in [6.07, 6.45) is 4.13. The molecule has 0 aromatic rings. The number of hydrogen-bond donors (Lipinski definition) is 2. The van der Waals surface area contributed by atoms with Crippen LogP contribution in [0.2, 0.25) is 0 Å². The van der Waals surface area contributed by atoms with Gasteiger partial charge >= 0.3 is 0 Å². The molecule has 2 saturated heterocycles. The van der Waals surface area contributed by atoms with Crippen LogP contribution in [0.4, 0.5) is 0 Å². The number of halogens is 1. The van der Waals surface area contributed by atoms with E-state index in [1.165, 1.54) is 6.26 Å². The van der Waals surface area contributed by atoms with Crippen LogP contribution in [-0.2, 0) is 14.8 Å². The Kier molecular flexibility index (Phi) is 12.1. The molecule has 2 aliphatic rings. The lowest BCUT2D eigenvalue weighted by Crippen LogP contribution is -2.41. The molecule has 0 aliphatic carbocycles. The number of ether oxygens (including phenoxy) is 1. The molecule has 0 bridgehead atoms. The molecule has 0 saturated carbocycles. The van der Waals surface area contributed by atoms with Crippen molar-refractivity contribution < 1.29 is 13.2 Å². The van der Waals surface area contributed by atoms with E-state index in [4.69, 9.17) is 9.73 Å². The topological polar surface area (TPSA) is 86.3 Å². The van der Waals surface area contributed by atoms with Crippen LogP contribution in [-0.4, -0.2) is 95.4 Å². The fraction of sp³-hybridized carbons (Fsp3) is 0.941. The Bertz CT molecular complexity index is 533. The first kappa shape index (κ1) is 24.9. The van der Waals surface area contributed by atoms with Gasteiger partial charge in [0.15, 0.2) is 5.96 Å². The highest BCUT2D eigenvalue weighted by molar-refractivity contribution is 14.0. The zero-order valence-electron chi connectivity index (χ0n) is 16.7. The Morgan fingerprint density at radius 1 is 1.15 bits per heavy atom. The summed E-state index contributed by atoms with van der Waals surface area (Å²) in [6, 6.07) is 0. The Balaban J connectivity index is 0.00000364. The summed E-state index contributed by atoms with van der Waals surface area (Å²) >= 11 is 0. The van der Waals surface area contributed by atoms with E-state index >= 15 is 0 Å². The van der Waals surface area contributed by atoms with E-state index in [9.17, 15) is 8.42 Å². The molecule has 27 heavy (non-hydrogen) atoms. The van der Waals surface area contributed by atoms with Crippen molar-refractivity contribution in [1.29, 1.82) is 0 Å². The summed E-state index contributed by atoms with van der Waals surface area (Å²) in [5.41, 5.74) is 0. The van der Waals surface area contributed by atoms with Gasteiger partial charge in [-0.25, -0.2) is 12.7 Å². The first-order chi connectivity index (χ1) is 12.5. The molecule has 0 aromatic carbocycles. The van der Waals surface area contributed by atoms with Crippen LogP contribution in [0.15, 0.2) is 4.99 Å². The van der Waals surface area contributed by atoms with Crippen molar-refractivity contribution in [2.45, 2.75) is 26.2 Å². The first-order valence-corrected chi connectivity index (χ1v) is 11.6. The number of nitrogens with zero attached hydrogens (tertiary/aromatic N) is 3. The van der Waals surface area contributed by atoms with Crippen molar-refractivity contribution in [2.75, 3.05) is 71.8 Å². The maximum atomic E-state index is 11.6. The van der Waals surface area contributed by atoms with Crippen LogP contribution in [0.3, 0.4) is 0 Å². The molecule has 0 aromatic heterocycles. The van der Waals surface area contributed by atoms with E-state index in [0.717, 1.165) is 77.7 Å². The standard InChI is InChI=1S/C17H35N5O3S.HI/c1-3-18-17(19-7-4-8-21-11-13-25-14-12-21)20-15-16-5-9-22(10-6-16)26(2,23)24;/h16H,3-15H2,1-2H3,(H2,18,19,20);1H. The predicted molar refractivity (Wildman–Crippen MR) is 120 cm³/mol. The van der Waals surface area contributed by atoms with E-state index in [1.807, 2.05) is 0 Å². The van der Waals surface area contributed by atoms with Crippen LogP contribution in [0.5, 0.6) is 0 Å². The molecule has 2 heterocycles. The van der Waals surface area contributed by atoms with Gasteiger partial charge in [-0.15, -0.1) is 24.0 Å². The Morgan fingerprint density at radius 3 is 2.41 bits per heavy atom. The SMILES string of the molecule is CCNC(=NCC1CCN(S(C)(=O)=O)CC1)NCCCN1CCOCC1.I. The summed E-state index contributed by atoms with van der Waals surface area (Å²) in [7, 11) is -3.05. The van der Waals surface area contributed by atoms with Crippen LogP contribution < -0.4 is 10.6 Å². The van der Waals surface area contributed by atoms with Crippen molar-refractivity contribution in [3.05, 3.63) is 0 Å². The van der Waals surface area contributed by atoms with Crippen molar-refractivity contribution in [3.8, 4) is 0 Å². The highest BCUT2D eigenvalue weighted by Crippen LogP contribution is 2.19. The monoisotopic (exact) mass is 517 g/mol. The number of piperidine rings is 1. The number of guanidine groups is 1. The minimum atomic E-state index is -3.05. The van der Waals surface area contributed by atoms with Gasteiger partial charge in [-0.05, 0) is 38.6 Å². The van der Waals surface area contributed by atoms with Crippen LogP contribution in [0.1, 0.15) is 26.2 Å². The second kappa shape index (κ2) is 13.1. The smallest absolute Gasteiger partial charge is 0.211 e. The maximum Gasteiger partial charge on any atom is 0.211 e. The van der Waals surface area contributed by atoms with Crippen molar-refractivity contribution in [2.24, 2.45) is 10.9 Å². The molecule has 0 radical (unpaired) electrons. The molecule has 2 aliphatic heterocycles. The Labute approximate surface area is 181 Å². The zero-order valence-corrected chi connectivity index (χ0v) is 19.8. The molecule has 160 valence electrons. The minimum Gasteiger partial charge on any atom is -0.379 e. The van der Waals surface area contributed by atoms with Gasteiger partial charge in [-0.3, -0.25) is 9.89 Å². The lowest BCUT2D eigenvalue weighted by molar-refractivity contribution is 0.0376. The molecule has 0 atom stereocenters.